The van der Waals surface area contributed by atoms with Crippen molar-refractivity contribution in [3.8, 4) is 0 Å². The number of carbonyl (C=O) groups is 1. The molecule has 3 aromatic heterocycles. The van der Waals surface area contributed by atoms with Gasteiger partial charge in [-0.05, 0) is 18.2 Å². The SMILES string of the molecule is Cn1ccnc1[C@H](O)c1cc2n(n1)CCN(C(=O)NCc1ccco1)C2. The van der Waals surface area contributed by atoms with Crippen LogP contribution in [0.4, 0.5) is 4.79 Å². The molecule has 0 unspecified atom stereocenters. The van der Waals surface area contributed by atoms with Gasteiger partial charge in [-0.3, -0.25) is 4.68 Å². The standard InChI is InChI=1S/C17H20N6O3/c1-21-5-4-18-16(21)15(24)14-9-12-11-22(6-7-23(12)20-14)17(25)19-10-13-3-2-8-26-13/h2-5,8-9,15,24H,6-7,10-11H2,1H3,(H,19,25)/t15-/m1/s1. The number of furan rings is 1. The first-order chi connectivity index (χ1) is 12.6. The van der Waals surface area contributed by atoms with Gasteiger partial charge < -0.3 is 24.3 Å². The molecule has 1 aliphatic heterocycles. The molecule has 0 aliphatic carbocycles. The summed E-state index contributed by atoms with van der Waals surface area (Å²) in [7, 11) is 1.83. The Morgan fingerprint density at radius 2 is 2.35 bits per heavy atom. The third-order valence-electron chi connectivity index (χ3n) is 4.48. The van der Waals surface area contributed by atoms with Crippen molar-refractivity contribution in [2.24, 2.45) is 7.05 Å². The van der Waals surface area contributed by atoms with Gasteiger partial charge in [-0.2, -0.15) is 5.10 Å². The lowest BCUT2D eigenvalue weighted by Gasteiger charge is -2.27. The molecule has 136 valence electrons. The monoisotopic (exact) mass is 356 g/mol. The van der Waals surface area contributed by atoms with Crippen LogP contribution in [0.1, 0.15) is 29.1 Å². The van der Waals surface area contributed by atoms with Crippen molar-refractivity contribution in [2.75, 3.05) is 6.54 Å². The lowest BCUT2D eigenvalue weighted by molar-refractivity contribution is 0.178. The van der Waals surface area contributed by atoms with Gasteiger partial charge in [-0.25, -0.2) is 9.78 Å². The maximum absolute atomic E-state index is 12.4. The van der Waals surface area contributed by atoms with E-state index < -0.39 is 6.10 Å². The van der Waals surface area contributed by atoms with Gasteiger partial charge in [0.2, 0.25) is 0 Å². The second kappa shape index (κ2) is 6.68. The summed E-state index contributed by atoms with van der Waals surface area (Å²) in [6.07, 6.45) is 4.10. The number of aryl methyl sites for hydroxylation is 1. The maximum Gasteiger partial charge on any atom is 0.318 e. The first-order valence-electron chi connectivity index (χ1n) is 8.39. The summed E-state index contributed by atoms with van der Waals surface area (Å²) in [6, 6.07) is 5.28. The van der Waals surface area contributed by atoms with Crippen LogP contribution < -0.4 is 5.32 Å². The fraction of sp³-hybridized carbons (Fsp3) is 0.353. The fourth-order valence-corrected chi connectivity index (χ4v) is 3.06. The molecule has 0 saturated heterocycles. The van der Waals surface area contributed by atoms with Crippen LogP contribution in [0.15, 0.2) is 41.3 Å². The van der Waals surface area contributed by atoms with Gasteiger partial charge in [-0.1, -0.05) is 0 Å². The van der Waals surface area contributed by atoms with Crippen molar-refractivity contribution in [1.82, 2.24) is 29.5 Å². The Bertz CT molecular complexity index is 898. The van der Waals surface area contributed by atoms with Crippen LogP contribution in [-0.4, -0.2) is 41.9 Å². The lowest BCUT2D eigenvalue weighted by Crippen LogP contribution is -2.43. The number of hydrogen-bond donors (Lipinski definition) is 2. The van der Waals surface area contributed by atoms with Gasteiger partial charge in [0.1, 0.15) is 11.6 Å². The smallest absolute Gasteiger partial charge is 0.318 e. The van der Waals surface area contributed by atoms with E-state index in [0.717, 1.165) is 5.69 Å². The van der Waals surface area contributed by atoms with Crippen molar-refractivity contribution in [1.29, 1.82) is 0 Å². The lowest BCUT2D eigenvalue weighted by atomic mass is 10.2. The van der Waals surface area contributed by atoms with Crippen LogP contribution in [0.3, 0.4) is 0 Å². The van der Waals surface area contributed by atoms with Gasteiger partial charge >= 0.3 is 6.03 Å². The predicted octanol–water partition coefficient (Wildman–Crippen LogP) is 1.02. The van der Waals surface area contributed by atoms with Crippen molar-refractivity contribution in [3.63, 3.8) is 0 Å². The van der Waals surface area contributed by atoms with Crippen molar-refractivity contribution >= 4 is 6.03 Å². The minimum atomic E-state index is -0.894. The zero-order chi connectivity index (χ0) is 18.1. The third-order valence-corrected chi connectivity index (χ3v) is 4.48. The van der Waals surface area contributed by atoms with Crippen LogP contribution in [0.2, 0.25) is 0 Å². The van der Waals surface area contributed by atoms with Crippen molar-refractivity contribution in [3.05, 3.63) is 59.8 Å². The van der Waals surface area contributed by atoms with Crippen molar-refractivity contribution < 1.29 is 14.3 Å². The van der Waals surface area contributed by atoms with E-state index in [2.05, 4.69) is 15.4 Å². The molecule has 0 bridgehead atoms. The molecule has 26 heavy (non-hydrogen) atoms. The van der Waals surface area contributed by atoms with E-state index in [0.29, 0.717) is 43.5 Å². The number of imidazole rings is 1. The highest BCUT2D eigenvalue weighted by molar-refractivity contribution is 5.74. The number of nitrogens with zero attached hydrogens (tertiary/aromatic N) is 5. The minimum absolute atomic E-state index is 0.153. The molecule has 9 nitrogen and oxygen atoms in total. The number of hydrogen-bond acceptors (Lipinski definition) is 5. The number of fused-ring (bicyclic) bond motifs is 1. The Kier molecular flexibility index (Phi) is 4.21. The highest BCUT2D eigenvalue weighted by Gasteiger charge is 2.25. The molecular weight excluding hydrogens is 336 g/mol. The minimum Gasteiger partial charge on any atom is -0.467 e. The zero-order valence-electron chi connectivity index (χ0n) is 14.4. The van der Waals surface area contributed by atoms with E-state index in [9.17, 15) is 9.90 Å². The molecule has 1 atom stereocenters. The van der Waals surface area contributed by atoms with E-state index in [4.69, 9.17) is 4.42 Å². The topological polar surface area (TPSA) is 101 Å². The van der Waals surface area contributed by atoms with Gasteiger partial charge in [0.15, 0.2) is 6.10 Å². The van der Waals surface area contributed by atoms with E-state index in [1.165, 1.54) is 0 Å². The Balaban J connectivity index is 1.43. The van der Waals surface area contributed by atoms with Gasteiger partial charge in [0.25, 0.3) is 0 Å². The number of urea groups is 1. The first-order valence-corrected chi connectivity index (χ1v) is 8.39. The Labute approximate surface area is 149 Å². The molecule has 4 rings (SSSR count). The number of aromatic nitrogens is 4. The number of aliphatic hydroxyl groups excluding tert-OH is 1. The van der Waals surface area contributed by atoms with Crippen LogP contribution in [0.25, 0.3) is 0 Å². The summed E-state index contributed by atoms with van der Waals surface area (Å²) in [4.78, 5) is 18.2. The summed E-state index contributed by atoms with van der Waals surface area (Å²) in [5, 5.41) is 17.8. The second-order valence-electron chi connectivity index (χ2n) is 6.24. The molecule has 9 heteroatoms. The molecular formula is C17H20N6O3. The maximum atomic E-state index is 12.4. The molecule has 0 spiro atoms. The average Bonchev–Trinajstić information content (AvgIpc) is 3.38. The summed E-state index contributed by atoms with van der Waals surface area (Å²) < 4.78 is 8.81. The highest BCUT2D eigenvalue weighted by atomic mass is 16.3. The summed E-state index contributed by atoms with van der Waals surface area (Å²) in [5.41, 5.74) is 1.42. The van der Waals surface area contributed by atoms with Crippen molar-refractivity contribution in [2.45, 2.75) is 25.7 Å². The third kappa shape index (κ3) is 3.08. The fourth-order valence-electron chi connectivity index (χ4n) is 3.06. The van der Waals surface area contributed by atoms with Crippen LogP contribution in [-0.2, 0) is 26.7 Å². The first kappa shape index (κ1) is 16.4. The van der Waals surface area contributed by atoms with Crippen LogP contribution in [0.5, 0.6) is 0 Å². The summed E-state index contributed by atoms with van der Waals surface area (Å²) in [5.74, 6) is 1.24. The Hall–Kier alpha value is -3.07. The number of carbonyl (C=O) groups excluding carboxylic acids is 1. The summed E-state index contributed by atoms with van der Waals surface area (Å²) >= 11 is 0. The van der Waals surface area contributed by atoms with E-state index in [1.54, 1.807) is 34.2 Å². The van der Waals surface area contributed by atoms with Gasteiger partial charge in [0, 0.05) is 26.0 Å². The molecule has 0 aromatic carbocycles. The quantitative estimate of drug-likeness (QED) is 0.727. The molecule has 1 aliphatic rings. The number of amides is 2. The normalized spacial score (nSPS) is 14.9. The number of aliphatic hydroxyl groups is 1. The van der Waals surface area contributed by atoms with Gasteiger partial charge in [0.05, 0.1) is 37.3 Å². The number of rotatable bonds is 4. The summed E-state index contributed by atoms with van der Waals surface area (Å²) in [6.45, 7) is 1.92. The number of nitrogens with one attached hydrogen (secondary N) is 1. The second-order valence-corrected chi connectivity index (χ2v) is 6.24. The van der Waals surface area contributed by atoms with Gasteiger partial charge in [-0.15, -0.1) is 0 Å². The molecule has 2 N–H and O–H groups in total. The molecule has 2 amide bonds. The Morgan fingerprint density at radius 3 is 3.08 bits per heavy atom. The zero-order valence-corrected chi connectivity index (χ0v) is 14.4. The molecule has 0 saturated carbocycles. The molecule has 0 radical (unpaired) electrons. The molecule has 3 aromatic rings. The van der Waals surface area contributed by atoms with E-state index in [1.807, 2.05) is 23.9 Å². The molecule has 4 heterocycles. The highest BCUT2D eigenvalue weighted by Crippen LogP contribution is 2.22. The predicted molar refractivity (Wildman–Crippen MR) is 90.9 cm³/mol. The Morgan fingerprint density at radius 1 is 1.46 bits per heavy atom. The van der Waals surface area contributed by atoms with E-state index >= 15 is 0 Å². The molecule has 0 fully saturated rings. The van der Waals surface area contributed by atoms with Crippen LogP contribution in [0, 0.1) is 0 Å². The van der Waals surface area contributed by atoms with E-state index in [-0.39, 0.29) is 6.03 Å². The largest absolute Gasteiger partial charge is 0.467 e. The average molecular weight is 356 g/mol. The van der Waals surface area contributed by atoms with Crippen LogP contribution >= 0.6 is 0 Å².